The second-order valence-corrected chi connectivity index (χ2v) is 7.95. The first-order valence-electron chi connectivity index (χ1n) is 6.32. The Labute approximate surface area is 115 Å². The Morgan fingerprint density at radius 3 is 2.29 bits per heavy atom. The van der Waals surface area contributed by atoms with Gasteiger partial charge in [-0.2, -0.15) is 0 Å². The molecule has 1 aliphatic rings. The predicted octanol–water partition coefficient (Wildman–Crippen LogP) is 3.47. The Morgan fingerprint density at radius 1 is 1.24 bits per heavy atom. The Bertz CT molecular complexity index is 323. The first-order chi connectivity index (χ1) is 7.99. The summed E-state index contributed by atoms with van der Waals surface area (Å²) in [5.74, 6) is 1.68. The summed E-state index contributed by atoms with van der Waals surface area (Å²) in [6.45, 7) is 2.16. The van der Waals surface area contributed by atoms with Crippen LogP contribution in [0.25, 0.3) is 0 Å². The average molecular weight is 301 g/mol. The number of sulfone groups is 1. The van der Waals surface area contributed by atoms with Gasteiger partial charge in [0.2, 0.25) is 0 Å². The van der Waals surface area contributed by atoms with Gasteiger partial charge < -0.3 is 0 Å². The highest BCUT2D eigenvalue weighted by Crippen LogP contribution is 2.42. The van der Waals surface area contributed by atoms with Crippen LogP contribution in [0.4, 0.5) is 0 Å². The molecule has 0 aromatic heterocycles. The third-order valence-electron chi connectivity index (χ3n) is 3.91. The maximum atomic E-state index is 11.6. The van der Waals surface area contributed by atoms with Gasteiger partial charge in [-0.15, -0.1) is 23.2 Å². The molecule has 0 saturated carbocycles. The van der Waals surface area contributed by atoms with Gasteiger partial charge in [0.1, 0.15) is 0 Å². The molecule has 1 aliphatic heterocycles. The Morgan fingerprint density at radius 2 is 1.88 bits per heavy atom. The van der Waals surface area contributed by atoms with Gasteiger partial charge in [0.15, 0.2) is 9.84 Å². The van der Waals surface area contributed by atoms with Gasteiger partial charge in [0, 0.05) is 17.2 Å². The quantitative estimate of drug-likeness (QED) is 0.533. The van der Waals surface area contributed by atoms with Gasteiger partial charge in [-0.3, -0.25) is 0 Å². The molecule has 0 N–H and O–H groups in total. The predicted molar refractivity (Wildman–Crippen MR) is 74.8 cm³/mol. The summed E-state index contributed by atoms with van der Waals surface area (Å²) in [7, 11) is -2.85. The van der Waals surface area contributed by atoms with Crippen LogP contribution in [0.2, 0.25) is 0 Å². The number of halogens is 2. The molecule has 1 atom stereocenters. The van der Waals surface area contributed by atoms with E-state index in [0.29, 0.717) is 17.5 Å². The highest BCUT2D eigenvalue weighted by Gasteiger charge is 2.43. The lowest BCUT2D eigenvalue weighted by Crippen LogP contribution is -2.35. The Hall–Kier alpha value is 0.530. The number of unbranched alkanes of at least 4 members (excludes halogenated alkanes) is 2. The first-order valence-corrected chi connectivity index (χ1v) is 9.21. The average Bonchev–Trinajstić information content (AvgIpc) is 2.66. The summed E-state index contributed by atoms with van der Waals surface area (Å²) >= 11 is 12.2. The van der Waals surface area contributed by atoms with Gasteiger partial charge in [-0.1, -0.05) is 26.2 Å². The van der Waals surface area contributed by atoms with Crippen molar-refractivity contribution in [1.29, 1.82) is 0 Å². The number of rotatable bonds is 7. The van der Waals surface area contributed by atoms with Crippen LogP contribution in [0.15, 0.2) is 0 Å². The van der Waals surface area contributed by atoms with Crippen LogP contribution in [0.5, 0.6) is 0 Å². The molecule has 0 spiro atoms. The minimum Gasteiger partial charge on any atom is -0.229 e. The second-order valence-electron chi connectivity index (χ2n) is 5.19. The van der Waals surface area contributed by atoms with Gasteiger partial charge in [0.05, 0.1) is 11.5 Å². The third kappa shape index (κ3) is 4.00. The molecule has 1 heterocycles. The van der Waals surface area contributed by atoms with E-state index in [1.165, 1.54) is 0 Å². The van der Waals surface area contributed by atoms with Crippen molar-refractivity contribution in [3.63, 3.8) is 0 Å². The molecule has 0 amide bonds. The van der Waals surface area contributed by atoms with Crippen molar-refractivity contribution < 1.29 is 8.42 Å². The van der Waals surface area contributed by atoms with Crippen molar-refractivity contribution in [2.45, 2.75) is 39.0 Å². The Balaban J connectivity index is 2.70. The SMILES string of the molecule is CCCCCC(CCl)(CCl)C1CCS(=O)(=O)C1. The van der Waals surface area contributed by atoms with Crippen molar-refractivity contribution in [3.8, 4) is 0 Å². The zero-order valence-corrected chi connectivity index (χ0v) is 12.8. The minimum absolute atomic E-state index is 0.152. The zero-order valence-electron chi connectivity index (χ0n) is 10.4. The van der Waals surface area contributed by atoms with Crippen LogP contribution in [0.1, 0.15) is 39.0 Å². The Kier molecular flexibility index (Phi) is 6.07. The first kappa shape index (κ1) is 15.6. The molecule has 2 nitrogen and oxygen atoms in total. The van der Waals surface area contributed by atoms with Gasteiger partial charge in [-0.25, -0.2) is 8.42 Å². The van der Waals surface area contributed by atoms with Crippen LogP contribution >= 0.6 is 23.2 Å². The maximum Gasteiger partial charge on any atom is 0.150 e. The number of hydrogen-bond donors (Lipinski definition) is 0. The van der Waals surface area contributed by atoms with Crippen molar-refractivity contribution in [2.24, 2.45) is 11.3 Å². The highest BCUT2D eigenvalue weighted by atomic mass is 35.5. The van der Waals surface area contributed by atoms with Crippen LogP contribution in [-0.4, -0.2) is 31.7 Å². The molecule has 1 rings (SSSR count). The normalized spacial score (nSPS) is 24.1. The van der Waals surface area contributed by atoms with Gasteiger partial charge in [-0.05, 0) is 18.8 Å². The fourth-order valence-electron chi connectivity index (χ4n) is 2.60. The zero-order chi connectivity index (χ0) is 12.9. The van der Waals surface area contributed by atoms with Crippen molar-refractivity contribution in [2.75, 3.05) is 23.3 Å². The minimum atomic E-state index is -2.85. The maximum absolute atomic E-state index is 11.6. The smallest absolute Gasteiger partial charge is 0.150 e. The lowest BCUT2D eigenvalue weighted by Gasteiger charge is -2.35. The van der Waals surface area contributed by atoms with Crippen molar-refractivity contribution >= 4 is 33.0 Å². The number of alkyl halides is 2. The molecule has 0 radical (unpaired) electrons. The van der Waals surface area contributed by atoms with E-state index in [1.807, 2.05) is 0 Å². The molecule has 17 heavy (non-hydrogen) atoms. The summed E-state index contributed by atoms with van der Waals surface area (Å²) in [6, 6.07) is 0. The van der Waals surface area contributed by atoms with Gasteiger partial charge in [0.25, 0.3) is 0 Å². The molecule has 1 saturated heterocycles. The summed E-state index contributed by atoms with van der Waals surface area (Å²) in [5, 5.41) is 0. The number of hydrogen-bond acceptors (Lipinski definition) is 2. The van der Waals surface area contributed by atoms with E-state index in [1.54, 1.807) is 0 Å². The van der Waals surface area contributed by atoms with E-state index in [9.17, 15) is 8.42 Å². The lowest BCUT2D eigenvalue weighted by atomic mass is 9.74. The van der Waals surface area contributed by atoms with Crippen molar-refractivity contribution in [1.82, 2.24) is 0 Å². The fraction of sp³-hybridized carbons (Fsp3) is 1.00. The monoisotopic (exact) mass is 300 g/mol. The molecular formula is C12H22Cl2O2S. The molecule has 0 bridgehead atoms. The molecule has 0 aromatic carbocycles. The van der Waals surface area contributed by atoms with Crippen molar-refractivity contribution in [3.05, 3.63) is 0 Å². The summed E-state index contributed by atoms with van der Waals surface area (Å²) < 4.78 is 23.1. The molecule has 0 aromatic rings. The van der Waals surface area contributed by atoms with E-state index in [0.717, 1.165) is 32.1 Å². The van der Waals surface area contributed by atoms with Crippen LogP contribution in [0.3, 0.4) is 0 Å². The van der Waals surface area contributed by atoms with E-state index in [4.69, 9.17) is 23.2 Å². The van der Waals surface area contributed by atoms with E-state index in [2.05, 4.69) is 6.92 Å². The molecule has 0 aliphatic carbocycles. The summed E-state index contributed by atoms with van der Waals surface area (Å²) in [5.41, 5.74) is -0.179. The summed E-state index contributed by atoms with van der Waals surface area (Å²) in [4.78, 5) is 0. The highest BCUT2D eigenvalue weighted by molar-refractivity contribution is 7.91. The fourth-order valence-corrected chi connectivity index (χ4v) is 5.53. The van der Waals surface area contributed by atoms with E-state index in [-0.39, 0.29) is 17.1 Å². The van der Waals surface area contributed by atoms with Crippen LogP contribution < -0.4 is 0 Å². The standard InChI is InChI=1S/C12H22Cl2O2S/c1-2-3-4-6-12(9-13,10-14)11-5-7-17(15,16)8-11/h11H,2-10H2,1H3. The third-order valence-corrected chi connectivity index (χ3v) is 6.74. The topological polar surface area (TPSA) is 34.1 Å². The van der Waals surface area contributed by atoms with Crippen LogP contribution in [0, 0.1) is 11.3 Å². The molecular weight excluding hydrogens is 279 g/mol. The molecule has 5 heteroatoms. The molecule has 1 fully saturated rings. The summed E-state index contributed by atoms with van der Waals surface area (Å²) in [6.07, 6.45) is 5.09. The second kappa shape index (κ2) is 6.63. The lowest BCUT2D eigenvalue weighted by molar-refractivity contribution is 0.219. The largest absolute Gasteiger partial charge is 0.229 e. The van der Waals surface area contributed by atoms with Crippen LogP contribution in [-0.2, 0) is 9.84 Å². The van der Waals surface area contributed by atoms with E-state index >= 15 is 0 Å². The molecule has 1 unspecified atom stereocenters. The molecule has 102 valence electrons. The van der Waals surface area contributed by atoms with Gasteiger partial charge >= 0.3 is 0 Å². The van der Waals surface area contributed by atoms with E-state index < -0.39 is 9.84 Å².